The fraction of sp³-hybridized carbons (Fsp3) is 0.226. The van der Waals surface area contributed by atoms with Gasteiger partial charge in [-0.25, -0.2) is 0 Å². The summed E-state index contributed by atoms with van der Waals surface area (Å²) in [7, 11) is 0. The molecule has 0 bridgehead atoms. The van der Waals surface area contributed by atoms with Crippen molar-refractivity contribution in [3.63, 3.8) is 0 Å². The van der Waals surface area contributed by atoms with E-state index in [-0.39, 0.29) is 22.6 Å². The Morgan fingerprint density at radius 1 is 1.10 bits per heavy atom. The van der Waals surface area contributed by atoms with Crippen LogP contribution in [0.15, 0.2) is 82.7 Å². The molecule has 0 spiro atoms. The first kappa shape index (κ1) is 27.0. The summed E-state index contributed by atoms with van der Waals surface area (Å²) < 4.78 is 12.2. The zero-order valence-corrected chi connectivity index (χ0v) is 24.1. The van der Waals surface area contributed by atoms with Gasteiger partial charge in [-0.3, -0.25) is 14.5 Å². The molecule has 2 atom stereocenters. The maximum absolute atomic E-state index is 13.6. The number of Topliss-reactive ketones (excluding diaryl/α,β-unsaturated/α-hetero) is 1. The molecule has 2 aliphatic rings. The van der Waals surface area contributed by atoms with Crippen molar-refractivity contribution in [3.05, 3.63) is 101 Å². The van der Waals surface area contributed by atoms with Gasteiger partial charge in [-0.2, -0.15) is 0 Å². The highest BCUT2D eigenvalue weighted by Gasteiger charge is 2.48. The Kier molecular flexibility index (Phi) is 7.51. The molecule has 2 aliphatic heterocycles. The van der Waals surface area contributed by atoms with Crippen LogP contribution in [0.5, 0.6) is 11.5 Å². The number of ether oxygens (including phenoxy) is 2. The normalized spacial score (nSPS) is 19.3. The van der Waals surface area contributed by atoms with E-state index in [2.05, 4.69) is 10.2 Å². The highest BCUT2D eigenvalue weighted by Crippen LogP contribution is 2.45. The summed E-state index contributed by atoms with van der Waals surface area (Å²) in [5.41, 5.74) is 3.13. The summed E-state index contributed by atoms with van der Waals surface area (Å²) in [6.45, 7) is 4.32. The molecule has 1 fully saturated rings. The number of fused-ring (bicyclic) bond motifs is 1. The van der Waals surface area contributed by atoms with Crippen molar-refractivity contribution in [1.29, 1.82) is 0 Å². The zero-order chi connectivity index (χ0) is 28.5. The summed E-state index contributed by atoms with van der Waals surface area (Å²) in [5.74, 6) is 0.235. The van der Waals surface area contributed by atoms with Crippen LogP contribution in [0.25, 0.3) is 5.76 Å². The van der Waals surface area contributed by atoms with Gasteiger partial charge in [0.05, 0.1) is 18.2 Å². The molecule has 0 saturated carbocycles. The number of hydrogen-bond acceptors (Lipinski definition) is 9. The second-order valence-corrected chi connectivity index (χ2v) is 11.9. The van der Waals surface area contributed by atoms with E-state index in [0.717, 1.165) is 16.9 Å². The van der Waals surface area contributed by atoms with Crippen LogP contribution in [-0.2, 0) is 21.8 Å². The standard InChI is InChI=1S/C31H27N3O5S2/c1-3-38-23-11-7-10-20(16-23)26-25(27(35)21-12-13-24-22(15-21)14-18(2)39-24)28(36)29(37)34(26)30-32-33-31(41-30)40-17-19-8-5-4-6-9-19/h4-13,15-16,18,26,35H,3,14,17H2,1-2H3/t18-,26-/m0/s1. The molecule has 208 valence electrons. The van der Waals surface area contributed by atoms with Crippen molar-refractivity contribution in [1.82, 2.24) is 10.2 Å². The number of anilines is 1. The van der Waals surface area contributed by atoms with Gasteiger partial charge in [0.1, 0.15) is 23.4 Å². The van der Waals surface area contributed by atoms with Crippen LogP contribution in [0.2, 0.25) is 0 Å². The Morgan fingerprint density at radius 3 is 2.73 bits per heavy atom. The van der Waals surface area contributed by atoms with Gasteiger partial charge in [0.25, 0.3) is 5.78 Å². The number of aromatic nitrogens is 2. The lowest BCUT2D eigenvalue weighted by Crippen LogP contribution is -2.29. The molecule has 1 aromatic heterocycles. The van der Waals surface area contributed by atoms with Gasteiger partial charge in [-0.1, -0.05) is 65.6 Å². The Labute approximate surface area is 245 Å². The number of nitrogens with zero attached hydrogens (tertiary/aromatic N) is 3. The first-order valence-electron chi connectivity index (χ1n) is 13.3. The van der Waals surface area contributed by atoms with E-state index in [1.165, 1.54) is 28.0 Å². The fourth-order valence-electron chi connectivity index (χ4n) is 5.09. The molecule has 0 unspecified atom stereocenters. The van der Waals surface area contributed by atoms with Crippen LogP contribution in [0.3, 0.4) is 0 Å². The minimum absolute atomic E-state index is 0.00995. The lowest BCUT2D eigenvalue weighted by molar-refractivity contribution is -0.132. The molecule has 0 radical (unpaired) electrons. The molecule has 1 saturated heterocycles. The van der Waals surface area contributed by atoms with Gasteiger partial charge < -0.3 is 14.6 Å². The average Bonchev–Trinajstić information content (AvgIpc) is 3.67. The summed E-state index contributed by atoms with van der Waals surface area (Å²) in [6, 6.07) is 21.6. The summed E-state index contributed by atoms with van der Waals surface area (Å²) in [5, 5.41) is 20.4. The molecule has 3 heterocycles. The summed E-state index contributed by atoms with van der Waals surface area (Å²) in [4.78, 5) is 28.5. The third-order valence-electron chi connectivity index (χ3n) is 6.91. The number of rotatable bonds is 8. The van der Waals surface area contributed by atoms with Crippen molar-refractivity contribution in [2.45, 2.75) is 42.5 Å². The van der Waals surface area contributed by atoms with Crippen molar-refractivity contribution in [2.75, 3.05) is 11.5 Å². The SMILES string of the molecule is CCOc1cccc([C@H]2C(=C(O)c3ccc4c(c3)C[C@H](C)O4)C(=O)C(=O)N2c2nnc(SCc3ccccc3)s2)c1. The quantitative estimate of drug-likeness (QED) is 0.0860. The number of aliphatic hydroxyl groups excluding tert-OH is 1. The van der Waals surface area contributed by atoms with Crippen LogP contribution in [-0.4, -0.2) is 39.7 Å². The molecule has 10 heteroatoms. The Balaban J connectivity index is 1.41. The largest absolute Gasteiger partial charge is 0.507 e. The molecule has 4 aromatic rings. The van der Waals surface area contributed by atoms with Gasteiger partial charge >= 0.3 is 5.91 Å². The number of thioether (sulfide) groups is 1. The van der Waals surface area contributed by atoms with Crippen LogP contribution in [0, 0.1) is 0 Å². The maximum atomic E-state index is 13.6. The Morgan fingerprint density at radius 2 is 1.93 bits per heavy atom. The predicted molar refractivity (Wildman–Crippen MR) is 159 cm³/mol. The maximum Gasteiger partial charge on any atom is 0.301 e. The first-order chi connectivity index (χ1) is 19.9. The van der Waals surface area contributed by atoms with E-state index in [1.807, 2.05) is 62.4 Å². The van der Waals surface area contributed by atoms with Gasteiger partial charge in [-0.15, -0.1) is 10.2 Å². The first-order valence-corrected chi connectivity index (χ1v) is 15.1. The smallest absolute Gasteiger partial charge is 0.301 e. The number of benzene rings is 3. The third kappa shape index (κ3) is 5.32. The lowest BCUT2D eigenvalue weighted by Gasteiger charge is -2.23. The average molecular weight is 586 g/mol. The molecule has 6 rings (SSSR count). The molecule has 3 aromatic carbocycles. The van der Waals surface area contributed by atoms with E-state index in [0.29, 0.717) is 40.0 Å². The van der Waals surface area contributed by atoms with Gasteiger partial charge in [0.2, 0.25) is 5.13 Å². The van der Waals surface area contributed by atoms with E-state index in [9.17, 15) is 14.7 Å². The van der Waals surface area contributed by atoms with Crippen molar-refractivity contribution >= 4 is 45.7 Å². The summed E-state index contributed by atoms with van der Waals surface area (Å²) >= 11 is 2.74. The highest BCUT2D eigenvalue weighted by atomic mass is 32.2. The molecule has 41 heavy (non-hydrogen) atoms. The van der Waals surface area contributed by atoms with E-state index < -0.39 is 17.7 Å². The topological polar surface area (TPSA) is 102 Å². The molecule has 1 N–H and O–H groups in total. The van der Waals surface area contributed by atoms with Crippen LogP contribution < -0.4 is 14.4 Å². The predicted octanol–water partition coefficient (Wildman–Crippen LogP) is 6.18. The number of carbonyl (C=O) groups excluding carboxylic acids is 2. The Hall–Kier alpha value is -4.15. The van der Waals surface area contributed by atoms with E-state index >= 15 is 0 Å². The number of ketones is 1. The monoisotopic (exact) mass is 585 g/mol. The number of aliphatic hydroxyl groups is 1. The highest BCUT2D eigenvalue weighted by molar-refractivity contribution is 8.00. The van der Waals surface area contributed by atoms with Crippen molar-refractivity contribution in [3.8, 4) is 11.5 Å². The second-order valence-electron chi connectivity index (χ2n) is 9.75. The molecular weight excluding hydrogens is 558 g/mol. The lowest BCUT2D eigenvalue weighted by atomic mass is 9.94. The number of carbonyl (C=O) groups is 2. The van der Waals surface area contributed by atoms with Gasteiger partial charge in [-0.05, 0) is 60.9 Å². The molecule has 1 amide bonds. The minimum Gasteiger partial charge on any atom is -0.507 e. The van der Waals surface area contributed by atoms with Crippen LogP contribution in [0.4, 0.5) is 5.13 Å². The second kappa shape index (κ2) is 11.4. The number of hydrogen-bond donors (Lipinski definition) is 1. The van der Waals surface area contributed by atoms with Crippen molar-refractivity contribution < 1.29 is 24.2 Å². The van der Waals surface area contributed by atoms with Gasteiger partial charge in [0.15, 0.2) is 4.34 Å². The third-order valence-corrected chi connectivity index (χ3v) is 9.03. The van der Waals surface area contributed by atoms with Gasteiger partial charge in [0, 0.05) is 17.7 Å². The van der Waals surface area contributed by atoms with Crippen LogP contribution >= 0.6 is 23.1 Å². The minimum atomic E-state index is -0.918. The molecule has 8 nitrogen and oxygen atoms in total. The summed E-state index contributed by atoms with van der Waals surface area (Å²) in [6.07, 6.45) is 0.722. The molecule has 0 aliphatic carbocycles. The Bertz CT molecular complexity index is 1650. The van der Waals surface area contributed by atoms with E-state index in [4.69, 9.17) is 9.47 Å². The zero-order valence-electron chi connectivity index (χ0n) is 22.4. The fourth-order valence-corrected chi connectivity index (χ4v) is 6.91. The van der Waals surface area contributed by atoms with Crippen molar-refractivity contribution in [2.24, 2.45) is 0 Å². The van der Waals surface area contributed by atoms with E-state index in [1.54, 1.807) is 24.3 Å². The number of amides is 1. The van der Waals surface area contributed by atoms with Crippen LogP contribution in [0.1, 0.15) is 42.1 Å². The molecular formula is C31H27N3O5S2.